The fraction of sp³-hybridized carbons (Fsp3) is 0.148. The van der Waals surface area contributed by atoms with Crippen molar-refractivity contribution < 1.29 is 33.1 Å². The number of aryl methyl sites for hydroxylation is 1. The van der Waals surface area contributed by atoms with Gasteiger partial charge in [0.2, 0.25) is 0 Å². The zero-order valence-electron chi connectivity index (χ0n) is 19.5. The second kappa shape index (κ2) is 10.7. The van der Waals surface area contributed by atoms with Gasteiger partial charge in [-0.3, -0.25) is 10.1 Å². The van der Waals surface area contributed by atoms with Crippen molar-refractivity contribution in [2.24, 2.45) is 0 Å². The van der Waals surface area contributed by atoms with Crippen LogP contribution in [0.1, 0.15) is 29.8 Å². The molecule has 8 nitrogen and oxygen atoms in total. The van der Waals surface area contributed by atoms with Gasteiger partial charge in [-0.2, -0.15) is 0 Å². The van der Waals surface area contributed by atoms with Gasteiger partial charge >= 0.3 is 12.1 Å². The van der Waals surface area contributed by atoms with E-state index in [-0.39, 0.29) is 12.0 Å². The van der Waals surface area contributed by atoms with Crippen LogP contribution in [0.5, 0.6) is 11.5 Å². The number of hydrogen-bond donors (Lipinski definition) is 2. The van der Waals surface area contributed by atoms with E-state index in [2.05, 4.69) is 10.5 Å². The molecule has 1 atom stereocenters. The Labute approximate surface area is 206 Å². The second-order valence-corrected chi connectivity index (χ2v) is 8.01. The third-order valence-corrected chi connectivity index (χ3v) is 5.35. The summed E-state index contributed by atoms with van der Waals surface area (Å²) in [5, 5.41) is 15.4. The highest BCUT2D eigenvalue weighted by molar-refractivity contribution is 5.90. The molecule has 36 heavy (non-hydrogen) atoms. The molecule has 0 aliphatic rings. The Morgan fingerprint density at radius 2 is 1.67 bits per heavy atom. The van der Waals surface area contributed by atoms with Gasteiger partial charge in [0, 0.05) is 11.1 Å². The summed E-state index contributed by atoms with van der Waals surface area (Å²) in [6.45, 7) is 3.26. The number of carbonyl (C=O) groups is 2. The molecule has 0 fully saturated rings. The van der Waals surface area contributed by atoms with Crippen LogP contribution in [-0.4, -0.2) is 22.3 Å². The van der Waals surface area contributed by atoms with E-state index in [0.717, 1.165) is 0 Å². The summed E-state index contributed by atoms with van der Waals surface area (Å²) >= 11 is 0. The summed E-state index contributed by atoms with van der Waals surface area (Å²) in [5.74, 6) is 0.0736. The monoisotopic (exact) mass is 490 g/mol. The normalized spacial score (nSPS) is 11.5. The van der Waals surface area contributed by atoms with E-state index in [1.54, 1.807) is 80.6 Å². The molecular weight excluding hydrogens is 467 g/mol. The van der Waals surface area contributed by atoms with Crippen LogP contribution in [0.4, 0.5) is 14.9 Å². The van der Waals surface area contributed by atoms with E-state index >= 15 is 0 Å². The van der Waals surface area contributed by atoms with Gasteiger partial charge in [0.05, 0.1) is 6.42 Å². The Bertz CT molecular complexity index is 1370. The van der Waals surface area contributed by atoms with Crippen molar-refractivity contribution in [2.75, 3.05) is 5.32 Å². The molecule has 9 heteroatoms. The van der Waals surface area contributed by atoms with Crippen molar-refractivity contribution in [3.8, 4) is 22.8 Å². The van der Waals surface area contributed by atoms with Gasteiger partial charge in [0.1, 0.15) is 34.8 Å². The van der Waals surface area contributed by atoms with E-state index in [1.807, 2.05) is 0 Å². The topological polar surface area (TPSA) is 111 Å². The van der Waals surface area contributed by atoms with E-state index in [4.69, 9.17) is 19.1 Å². The molecule has 0 saturated heterocycles. The van der Waals surface area contributed by atoms with Crippen LogP contribution in [0.15, 0.2) is 77.3 Å². The van der Waals surface area contributed by atoms with Crippen molar-refractivity contribution in [3.63, 3.8) is 0 Å². The Hall–Kier alpha value is -4.66. The SMILES string of the molecule is Cc1noc(-c2ccc(Oc3ccc(CC(=O)O)cc3)cc2)c1NC(=O)OC(C)c1ccccc1F. The molecule has 0 saturated carbocycles. The summed E-state index contributed by atoms with van der Waals surface area (Å²) < 4.78 is 30.6. The highest BCUT2D eigenvalue weighted by Gasteiger charge is 2.21. The maximum atomic E-state index is 14.0. The lowest BCUT2D eigenvalue weighted by molar-refractivity contribution is -0.136. The molecule has 184 valence electrons. The lowest BCUT2D eigenvalue weighted by Gasteiger charge is -2.15. The zero-order chi connectivity index (χ0) is 25.7. The Morgan fingerprint density at radius 3 is 2.31 bits per heavy atom. The highest BCUT2D eigenvalue weighted by Crippen LogP contribution is 2.33. The summed E-state index contributed by atoms with van der Waals surface area (Å²) in [5.41, 5.74) is 2.36. The zero-order valence-corrected chi connectivity index (χ0v) is 19.5. The minimum Gasteiger partial charge on any atom is -0.481 e. The molecule has 3 aromatic carbocycles. The molecule has 0 aliphatic heterocycles. The summed E-state index contributed by atoms with van der Waals surface area (Å²) in [6, 6.07) is 19.8. The minimum atomic E-state index is -0.899. The van der Waals surface area contributed by atoms with Crippen LogP contribution in [0, 0.1) is 12.7 Å². The average Bonchev–Trinajstić information content (AvgIpc) is 3.20. The third kappa shape index (κ3) is 5.87. The fourth-order valence-corrected chi connectivity index (χ4v) is 3.53. The van der Waals surface area contributed by atoms with Crippen LogP contribution in [-0.2, 0) is 16.0 Å². The number of carboxylic acid groups (broad SMARTS) is 1. The van der Waals surface area contributed by atoms with Gasteiger partial charge < -0.3 is 19.1 Å². The average molecular weight is 490 g/mol. The number of aliphatic carboxylic acids is 1. The first kappa shape index (κ1) is 24.5. The molecule has 2 N–H and O–H groups in total. The lowest BCUT2D eigenvalue weighted by atomic mass is 10.1. The number of hydrogen-bond acceptors (Lipinski definition) is 6. The number of carboxylic acids is 1. The largest absolute Gasteiger partial charge is 0.481 e. The quantitative estimate of drug-likeness (QED) is 0.289. The van der Waals surface area contributed by atoms with Crippen molar-refractivity contribution in [1.29, 1.82) is 0 Å². The number of nitrogens with zero attached hydrogens (tertiary/aromatic N) is 1. The molecule has 0 radical (unpaired) electrons. The van der Waals surface area contributed by atoms with Crippen molar-refractivity contribution in [2.45, 2.75) is 26.4 Å². The van der Waals surface area contributed by atoms with E-state index in [1.165, 1.54) is 6.07 Å². The van der Waals surface area contributed by atoms with E-state index in [0.29, 0.717) is 39.8 Å². The maximum absolute atomic E-state index is 14.0. The van der Waals surface area contributed by atoms with Crippen molar-refractivity contribution in [1.82, 2.24) is 5.16 Å². The minimum absolute atomic E-state index is 0.0580. The molecule has 0 spiro atoms. The Kier molecular flexibility index (Phi) is 7.29. The van der Waals surface area contributed by atoms with Gasteiger partial charge in [-0.1, -0.05) is 35.5 Å². The predicted octanol–water partition coefficient (Wildman–Crippen LogP) is 6.52. The van der Waals surface area contributed by atoms with Crippen LogP contribution in [0.2, 0.25) is 0 Å². The van der Waals surface area contributed by atoms with Crippen molar-refractivity contribution >= 4 is 17.7 Å². The summed E-state index contributed by atoms with van der Waals surface area (Å²) in [4.78, 5) is 23.3. The first-order valence-corrected chi connectivity index (χ1v) is 11.1. The Balaban J connectivity index is 1.43. The number of benzene rings is 3. The number of aromatic nitrogens is 1. The number of nitrogens with one attached hydrogen (secondary N) is 1. The van der Waals surface area contributed by atoms with Gasteiger partial charge in [0.25, 0.3) is 0 Å². The van der Waals surface area contributed by atoms with Crippen LogP contribution in [0.25, 0.3) is 11.3 Å². The first-order valence-electron chi connectivity index (χ1n) is 11.1. The highest BCUT2D eigenvalue weighted by atomic mass is 19.1. The van der Waals surface area contributed by atoms with Crippen LogP contribution >= 0.6 is 0 Å². The smallest absolute Gasteiger partial charge is 0.412 e. The number of rotatable bonds is 8. The third-order valence-electron chi connectivity index (χ3n) is 5.35. The fourth-order valence-electron chi connectivity index (χ4n) is 3.53. The summed E-state index contributed by atoms with van der Waals surface area (Å²) in [6.07, 6.45) is -1.63. The predicted molar refractivity (Wildman–Crippen MR) is 129 cm³/mol. The molecule has 0 aliphatic carbocycles. The van der Waals surface area contributed by atoms with Gasteiger partial charge in [-0.15, -0.1) is 0 Å². The number of carbonyl (C=O) groups excluding carboxylic acids is 1. The number of ether oxygens (including phenoxy) is 2. The molecule has 4 aromatic rings. The molecular formula is C27H23FN2O6. The molecule has 1 heterocycles. The lowest BCUT2D eigenvalue weighted by Crippen LogP contribution is -2.17. The van der Waals surface area contributed by atoms with Gasteiger partial charge in [-0.05, 0) is 61.9 Å². The van der Waals surface area contributed by atoms with E-state index in [9.17, 15) is 14.0 Å². The number of amides is 1. The summed E-state index contributed by atoms with van der Waals surface area (Å²) in [7, 11) is 0. The maximum Gasteiger partial charge on any atom is 0.412 e. The molecule has 4 rings (SSSR count). The first-order chi connectivity index (χ1) is 17.3. The molecule has 1 aromatic heterocycles. The Morgan fingerprint density at radius 1 is 1.03 bits per heavy atom. The number of anilines is 1. The molecule has 1 amide bonds. The standard InChI is InChI=1S/C27H23FN2O6/c1-16-25(29-27(33)34-17(2)22-5-3-4-6-23(22)28)26(36-30-16)19-9-13-21(14-10-19)35-20-11-7-18(8-12-20)15-24(31)32/h3-14,17H,15H2,1-2H3,(H,29,33)(H,31,32). The van der Waals surface area contributed by atoms with Gasteiger partial charge in [-0.25, -0.2) is 9.18 Å². The van der Waals surface area contributed by atoms with Gasteiger partial charge in [0.15, 0.2) is 5.76 Å². The van der Waals surface area contributed by atoms with E-state index < -0.39 is 24.0 Å². The number of halogens is 1. The van der Waals surface area contributed by atoms with Crippen LogP contribution < -0.4 is 10.1 Å². The second-order valence-electron chi connectivity index (χ2n) is 8.01. The molecule has 1 unspecified atom stereocenters. The van der Waals surface area contributed by atoms with Crippen LogP contribution in [0.3, 0.4) is 0 Å². The van der Waals surface area contributed by atoms with Crippen molar-refractivity contribution in [3.05, 3.63) is 95.4 Å². The molecule has 0 bridgehead atoms.